The molecule has 5 nitrogen and oxygen atoms in total. The van der Waals surface area contributed by atoms with E-state index >= 15 is 0 Å². The zero-order valence-corrected chi connectivity index (χ0v) is 13.3. The van der Waals surface area contributed by atoms with Gasteiger partial charge in [-0.15, -0.1) is 11.3 Å². The van der Waals surface area contributed by atoms with E-state index in [2.05, 4.69) is 4.72 Å². The van der Waals surface area contributed by atoms with Crippen LogP contribution in [0.15, 0.2) is 40.6 Å². The first-order valence-electron chi connectivity index (χ1n) is 6.59. The van der Waals surface area contributed by atoms with E-state index in [9.17, 15) is 8.42 Å². The number of nitrogens with one attached hydrogen (secondary N) is 1. The van der Waals surface area contributed by atoms with E-state index in [4.69, 9.17) is 10.5 Å². The zero-order chi connectivity index (χ0) is 15.3. The second kappa shape index (κ2) is 6.93. The van der Waals surface area contributed by atoms with Crippen LogP contribution in [0.4, 0.5) is 5.69 Å². The van der Waals surface area contributed by atoms with Gasteiger partial charge in [-0.1, -0.05) is 6.07 Å². The van der Waals surface area contributed by atoms with Gasteiger partial charge in [-0.3, -0.25) is 4.72 Å². The molecule has 0 aliphatic carbocycles. The number of thiophene rings is 1. The lowest BCUT2D eigenvalue weighted by molar-refractivity contribution is 0.340. The van der Waals surface area contributed by atoms with Crippen molar-refractivity contribution in [1.82, 2.24) is 0 Å². The Morgan fingerprint density at radius 1 is 1.29 bits per heavy atom. The molecule has 0 saturated heterocycles. The Kier molecular flexibility index (Phi) is 5.22. The number of ether oxygens (including phenoxy) is 1. The van der Waals surface area contributed by atoms with Crippen LogP contribution in [0.25, 0.3) is 0 Å². The zero-order valence-electron chi connectivity index (χ0n) is 11.7. The summed E-state index contributed by atoms with van der Waals surface area (Å²) in [5.74, 6) is 0.632. The fourth-order valence-electron chi connectivity index (χ4n) is 1.80. The van der Waals surface area contributed by atoms with Crippen LogP contribution in [0.3, 0.4) is 0 Å². The van der Waals surface area contributed by atoms with Crippen molar-refractivity contribution in [1.29, 1.82) is 0 Å². The van der Waals surface area contributed by atoms with Crippen molar-refractivity contribution in [2.45, 2.75) is 17.6 Å². The number of benzene rings is 1. The molecule has 0 atom stereocenters. The standard InChI is InChI=1S/C14H18N2O3S2/c1-2-19-12-5-3-4-11(10-12)16-21(17,18)14-7-6-13(20-14)8-9-15/h3-7,10,16H,2,8-9,15H2,1H3. The topological polar surface area (TPSA) is 81.4 Å². The average Bonchev–Trinajstić information content (AvgIpc) is 2.89. The van der Waals surface area contributed by atoms with Crippen molar-refractivity contribution in [2.75, 3.05) is 17.9 Å². The van der Waals surface area contributed by atoms with Crippen LogP contribution in [-0.4, -0.2) is 21.6 Å². The maximum absolute atomic E-state index is 12.3. The molecule has 0 aliphatic rings. The van der Waals surface area contributed by atoms with Crippen LogP contribution in [0.5, 0.6) is 5.75 Å². The quantitative estimate of drug-likeness (QED) is 0.819. The Morgan fingerprint density at radius 3 is 2.81 bits per heavy atom. The lowest BCUT2D eigenvalue weighted by atomic mass is 10.3. The van der Waals surface area contributed by atoms with Crippen molar-refractivity contribution >= 4 is 27.0 Å². The Morgan fingerprint density at radius 2 is 2.10 bits per heavy atom. The number of hydrogen-bond acceptors (Lipinski definition) is 5. The summed E-state index contributed by atoms with van der Waals surface area (Å²) in [4.78, 5) is 0.959. The van der Waals surface area contributed by atoms with Gasteiger partial charge in [0.25, 0.3) is 10.0 Å². The molecule has 3 N–H and O–H groups in total. The molecule has 0 fully saturated rings. The molecule has 0 saturated carbocycles. The Labute approximate surface area is 128 Å². The van der Waals surface area contributed by atoms with Gasteiger partial charge >= 0.3 is 0 Å². The Bertz CT molecular complexity index is 696. The minimum atomic E-state index is -3.57. The number of anilines is 1. The van der Waals surface area contributed by atoms with Crippen LogP contribution in [-0.2, 0) is 16.4 Å². The van der Waals surface area contributed by atoms with E-state index in [1.165, 1.54) is 11.3 Å². The smallest absolute Gasteiger partial charge is 0.271 e. The summed E-state index contributed by atoms with van der Waals surface area (Å²) in [7, 11) is -3.57. The fourth-order valence-corrected chi connectivity index (χ4v) is 4.22. The van der Waals surface area contributed by atoms with Crippen molar-refractivity contribution in [2.24, 2.45) is 5.73 Å². The first kappa shape index (κ1) is 15.8. The highest BCUT2D eigenvalue weighted by atomic mass is 32.2. The molecule has 1 heterocycles. The molecule has 0 radical (unpaired) electrons. The summed E-state index contributed by atoms with van der Waals surface area (Å²) >= 11 is 1.24. The largest absolute Gasteiger partial charge is 0.494 e. The maximum Gasteiger partial charge on any atom is 0.271 e. The summed E-state index contributed by atoms with van der Waals surface area (Å²) in [6.45, 7) is 2.91. The predicted molar refractivity (Wildman–Crippen MR) is 85.5 cm³/mol. The predicted octanol–water partition coefficient (Wildman–Crippen LogP) is 2.45. The highest BCUT2D eigenvalue weighted by Gasteiger charge is 2.17. The summed E-state index contributed by atoms with van der Waals surface area (Å²) in [5, 5.41) is 0. The number of sulfonamides is 1. The van der Waals surface area contributed by atoms with Gasteiger partial charge in [0, 0.05) is 10.9 Å². The van der Waals surface area contributed by atoms with E-state index in [0.717, 1.165) is 4.88 Å². The third kappa shape index (κ3) is 4.20. The molecule has 1 aromatic carbocycles. The minimum Gasteiger partial charge on any atom is -0.494 e. The molecule has 7 heteroatoms. The lowest BCUT2D eigenvalue weighted by Crippen LogP contribution is -2.11. The van der Waals surface area contributed by atoms with Crippen molar-refractivity contribution < 1.29 is 13.2 Å². The third-order valence-corrected chi connectivity index (χ3v) is 5.71. The van der Waals surface area contributed by atoms with E-state index in [-0.39, 0.29) is 4.21 Å². The molecule has 0 aliphatic heterocycles. The molecular formula is C14H18N2O3S2. The highest BCUT2D eigenvalue weighted by molar-refractivity contribution is 7.94. The van der Waals surface area contributed by atoms with Crippen LogP contribution >= 0.6 is 11.3 Å². The van der Waals surface area contributed by atoms with E-state index in [1.807, 2.05) is 6.92 Å². The van der Waals surface area contributed by atoms with Crippen molar-refractivity contribution in [3.63, 3.8) is 0 Å². The van der Waals surface area contributed by atoms with Crippen LogP contribution < -0.4 is 15.2 Å². The van der Waals surface area contributed by atoms with Gasteiger partial charge in [-0.2, -0.15) is 0 Å². The molecule has 21 heavy (non-hydrogen) atoms. The van der Waals surface area contributed by atoms with E-state index < -0.39 is 10.0 Å². The van der Waals surface area contributed by atoms with Crippen LogP contribution in [0, 0.1) is 0 Å². The highest BCUT2D eigenvalue weighted by Crippen LogP contribution is 2.25. The SMILES string of the molecule is CCOc1cccc(NS(=O)(=O)c2ccc(CCN)s2)c1. The Hall–Kier alpha value is -1.57. The molecular weight excluding hydrogens is 308 g/mol. The van der Waals surface area contributed by atoms with Gasteiger partial charge < -0.3 is 10.5 Å². The monoisotopic (exact) mass is 326 g/mol. The Balaban J connectivity index is 2.18. The summed E-state index contributed by atoms with van der Waals surface area (Å²) in [6.07, 6.45) is 0.681. The molecule has 1 aromatic heterocycles. The van der Waals surface area contributed by atoms with E-state index in [0.29, 0.717) is 31.0 Å². The first-order chi connectivity index (χ1) is 10.0. The van der Waals surface area contributed by atoms with Gasteiger partial charge in [0.2, 0.25) is 0 Å². The van der Waals surface area contributed by atoms with Crippen molar-refractivity contribution in [3.8, 4) is 5.75 Å². The molecule has 114 valence electrons. The van der Waals surface area contributed by atoms with Gasteiger partial charge in [0.1, 0.15) is 9.96 Å². The van der Waals surface area contributed by atoms with E-state index in [1.54, 1.807) is 36.4 Å². The van der Waals surface area contributed by atoms with Gasteiger partial charge in [0.05, 0.1) is 12.3 Å². The number of nitrogens with two attached hydrogens (primary N) is 1. The molecule has 0 spiro atoms. The minimum absolute atomic E-state index is 0.285. The van der Waals surface area contributed by atoms with Crippen molar-refractivity contribution in [3.05, 3.63) is 41.3 Å². The molecule has 2 aromatic rings. The summed E-state index contributed by atoms with van der Waals surface area (Å²) in [5.41, 5.74) is 5.96. The fraction of sp³-hybridized carbons (Fsp3) is 0.286. The third-order valence-electron chi connectivity index (χ3n) is 2.69. The average molecular weight is 326 g/mol. The normalized spacial score (nSPS) is 11.3. The van der Waals surface area contributed by atoms with Gasteiger partial charge in [-0.25, -0.2) is 8.42 Å². The second-order valence-corrected chi connectivity index (χ2v) is 7.40. The molecule has 0 unspecified atom stereocenters. The molecule has 2 rings (SSSR count). The van der Waals surface area contributed by atoms with Crippen LogP contribution in [0.2, 0.25) is 0 Å². The van der Waals surface area contributed by atoms with Crippen LogP contribution in [0.1, 0.15) is 11.8 Å². The summed E-state index contributed by atoms with van der Waals surface area (Å²) in [6, 6.07) is 10.3. The first-order valence-corrected chi connectivity index (χ1v) is 8.89. The lowest BCUT2D eigenvalue weighted by Gasteiger charge is -2.08. The van der Waals surface area contributed by atoms with Gasteiger partial charge in [-0.05, 0) is 44.2 Å². The summed E-state index contributed by atoms with van der Waals surface area (Å²) < 4.78 is 32.8. The molecule has 0 bridgehead atoms. The van der Waals surface area contributed by atoms with Gasteiger partial charge in [0.15, 0.2) is 0 Å². The second-order valence-electron chi connectivity index (χ2n) is 4.33. The molecule has 0 amide bonds. The maximum atomic E-state index is 12.3. The number of rotatable bonds is 7. The number of hydrogen-bond donors (Lipinski definition) is 2.